The Balaban J connectivity index is 2.06. The molecule has 0 aromatic carbocycles. The van der Waals surface area contributed by atoms with Crippen LogP contribution in [0.5, 0.6) is 0 Å². The third-order valence-corrected chi connectivity index (χ3v) is 4.90. The maximum absolute atomic E-state index is 11.3. The second-order valence-corrected chi connectivity index (χ2v) is 6.58. The average molecular weight is 236 g/mol. The van der Waals surface area contributed by atoms with Crippen molar-refractivity contribution in [2.24, 2.45) is 5.92 Å². The van der Waals surface area contributed by atoms with Crippen LogP contribution in [0, 0.1) is 5.92 Å². The van der Waals surface area contributed by atoms with E-state index in [0.29, 0.717) is 13.0 Å². The van der Waals surface area contributed by atoms with Gasteiger partial charge < -0.3 is 14.6 Å². The van der Waals surface area contributed by atoms with Crippen molar-refractivity contribution in [3.05, 3.63) is 0 Å². The number of hydrogen-bond acceptors (Lipinski definition) is 5. The van der Waals surface area contributed by atoms with Gasteiger partial charge in [-0.3, -0.25) is 0 Å². The summed E-state index contributed by atoms with van der Waals surface area (Å²) in [6.45, 7) is 2.01. The molecule has 0 aromatic rings. The van der Waals surface area contributed by atoms with Crippen molar-refractivity contribution in [1.29, 1.82) is 0 Å². The highest BCUT2D eigenvalue weighted by molar-refractivity contribution is 7.91. The minimum absolute atomic E-state index is 0.0882. The minimum Gasteiger partial charge on any atom is -0.394 e. The van der Waals surface area contributed by atoms with Crippen molar-refractivity contribution >= 4 is 9.84 Å². The first-order chi connectivity index (χ1) is 6.95. The van der Waals surface area contributed by atoms with Crippen molar-refractivity contribution in [2.45, 2.75) is 25.2 Å². The Hall–Kier alpha value is -0.170. The molecular weight excluding hydrogens is 220 g/mol. The van der Waals surface area contributed by atoms with Crippen LogP contribution < -0.4 is 0 Å². The largest absolute Gasteiger partial charge is 0.394 e. The fourth-order valence-corrected chi connectivity index (χ4v) is 4.06. The van der Waals surface area contributed by atoms with E-state index < -0.39 is 15.6 Å². The highest BCUT2D eigenvalue weighted by atomic mass is 32.2. The molecule has 0 radical (unpaired) electrons. The molecule has 5 nitrogen and oxygen atoms in total. The molecule has 88 valence electrons. The third-order valence-electron chi connectivity index (χ3n) is 3.13. The van der Waals surface area contributed by atoms with E-state index in [1.807, 2.05) is 0 Å². The zero-order chi connectivity index (χ0) is 11.1. The van der Waals surface area contributed by atoms with Crippen LogP contribution in [0.25, 0.3) is 0 Å². The van der Waals surface area contributed by atoms with Gasteiger partial charge in [0.25, 0.3) is 0 Å². The van der Waals surface area contributed by atoms with Gasteiger partial charge in [-0.15, -0.1) is 0 Å². The lowest BCUT2D eigenvalue weighted by Gasteiger charge is -2.28. The molecule has 0 aromatic heterocycles. The van der Waals surface area contributed by atoms with Gasteiger partial charge >= 0.3 is 0 Å². The number of aliphatic hydroxyl groups excluding tert-OH is 1. The van der Waals surface area contributed by atoms with Gasteiger partial charge in [-0.1, -0.05) is 0 Å². The predicted molar refractivity (Wildman–Crippen MR) is 53.1 cm³/mol. The fraction of sp³-hybridized carbons (Fsp3) is 1.00. The maximum Gasteiger partial charge on any atom is 0.170 e. The van der Waals surface area contributed by atoms with Gasteiger partial charge in [0, 0.05) is 5.92 Å². The second kappa shape index (κ2) is 3.69. The van der Waals surface area contributed by atoms with Crippen LogP contribution in [-0.2, 0) is 19.3 Å². The molecule has 6 heteroatoms. The normalized spacial score (nSPS) is 44.7. The van der Waals surface area contributed by atoms with Crippen LogP contribution in [0.15, 0.2) is 0 Å². The van der Waals surface area contributed by atoms with E-state index in [0.717, 1.165) is 0 Å². The Morgan fingerprint density at radius 2 is 2.27 bits per heavy atom. The Kier molecular flexibility index (Phi) is 2.79. The number of sulfone groups is 1. The van der Waals surface area contributed by atoms with Crippen molar-refractivity contribution < 1.29 is 23.0 Å². The molecule has 3 unspecified atom stereocenters. The smallest absolute Gasteiger partial charge is 0.170 e. The molecule has 2 saturated heterocycles. The van der Waals surface area contributed by atoms with Gasteiger partial charge in [0.1, 0.15) is 6.10 Å². The molecule has 0 spiro atoms. The molecule has 0 saturated carbocycles. The van der Waals surface area contributed by atoms with Crippen LogP contribution in [0.4, 0.5) is 0 Å². The zero-order valence-electron chi connectivity index (χ0n) is 8.68. The summed E-state index contributed by atoms with van der Waals surface area (Å²) < 4.78 is 33.7. The number of rotatable bonds is 2. The average Bonchev–Trinajstić information content (AvgIpc) is 2.70. The Labute approximate surface area is 89.3 Å². The van der Waals surface area contributed by atoms with E-state index >= 15 is 0 Å². The first kappa shape index (κ1) is 11.3. The van der Waals surface area contributed by atoms with Crippen LogP contribution in [0.2, 0.25) is 0 Å². The summed E-state index contributed by atoms with van der Waals surface area (Å²) >= 11 is 0. The van der Waals surface area contributed by atoms with Crippen molar-refractivity contribution in [2.75, 3.05) is 24.7 Å². The third kappa shape index (κ3) is 2.18. The fourth-order valence-electron chi connectivity index (χ4n) is 2.17. The molecule has 2 rings (SSSR count). The van der Waals surface area contributed by atoms with Crippen LogP contribution in [-0.4, -0.2) is 50.1 Å². The van der Waals surface area contributed by atoms with Crippen LogP contribution in [0.3, 0.4) is 0 Å². The molecule has 0 amide bonds. The molecule has 2 aliphatic rings. The summed E-state index contributed by atoms with van der Waals surface area (Å²) in [6.07, 6.45) is 0.259. The highest BCUT2D eigenvalue weighted by Crippen LogP contribution is 2.37. The van der Waals surface area contributed by atoms with E-state index in [1.54, 1.807) is 6.92 Å². The number of hydrogen-bond donors (Lipinski definition) is 1. The lowest BCUT2D eigenvalue weighted by molar-refractivity contribution is -0.188. The monoisotopic (exact) mass is 236 g/mol. The van der Waals surface area contributed by atoms with E-state index in [2.05, 4.69) is 0 Å². The summed E-state index contributed by atoms with van der Waals surface area (Å²) in [5.41, 5.74) is 0. The van der Waals surface area contributed by atoms with E-state index in [-0.39, 0.29) is 30.1 Å². The SMILES string of the molecule is CC1(C2CCS(=O)(=O)C2)OCC(CO)O1. The zero-order valence-corrected chi connectivity index (χ0v) is 9.50. The molecule has 0 aliphatic carbocycles. The van der Waals surface area contributed by atoms with Gasteiger partial charge in [0.05, 0.1) is 24.7 Å². The molecule has 1 N–H and O–H groups in total. The quantitative estimate of drug-likeness (QED) is 0.702. The summed E-state index contributed by atoms with van der Waals surface area (Å²) in [4.78, 5) is 0. The summed E-state index contributed by atoms with van der Waals surface area (Å²) in [6, 6.07) is 0. The summed E-state index contributed by atoms with van der Waals surface area (Å²) in [5, 5.41) is 8.92. The summed E-state index contributed by atoms with van der Waals surface area (Å²) in [5.74, 6) is -0.610. The first-order valence-corrected chi connectivity index (χ1v) is 6.90. The standard InChI is InChI=1S/C9H16O5S/c1-9(13-5-8(4-10)14-9)7-2-3-15(11,12)6-7/h7-8,10H,2-6H2,1H3. The van der Waals surface area contributed by atoms with Gasteiger partial charge in [-0.05, 0) is 13.3 Å². The van der Waals surface area contributed by atoms with Gasteiger partial charge in [0.2, 0.25) is 0 Å². The molecular formula is C9H16O5S. The van der Waals surface area contributed by atoms with Crippen molar-refractivity contribution in [3.63, 3.8) is 0 Å². The molecule has 2 heterocycles. The van der Waals surface area contributed by atoms with Crippen molar-refractivity contribution in [1.82, 2.24) is 0 Å². The minimum atomic E-state index is -2.92. The van der Waals surface area contributed by atoms with Gasteiger partial charge in [-0.25, -0.2) is 8.42 Å². The van der Waals surface area contributed by atoms with Gasteiger partial charge in [-0.2, -0.15) is 0 Å². The molecule has 0 bridgehead atoms. The Morgan fingerprint density at radius 1 is 1.53 bits per heavy atom. The highest BCUT2D eigenvalue weighted by Gasteiger charge is 2.48. The Bertz CT molecular complexity index is 338. The lowest BCUT2D eigenvalue weighted by Crippen LogP contribution is -2.37. The molecule has 3 atom stereocenters. The number of aliphatic hydroxyl groups is 1. The first-order valence-electron chi connectivity index (χ1n) is 5.08. The van der Waals surface area contributed by atoms with E-state index in [4.69, 9.17) is 14.6 Å². The van der Waals surface area contributed by atoms with Crippen molar-refractivity contribution in [3.8, 4) is 0 Å². The number of ether oxygens (including phenoxy) is 2. The summed E-state index contributed by atoms with van der Waals surface area (Å²) in [7, 11) is -2.92. The maximum atomic E-state index is 11.3. The van der Waals surface area contributed by atoms with Crippen LogP contribution >= 0.6 is 0 Å². The molecule has 2 aliphatic heterocycles. The molecule has 15 heavy (non-hydrogen) atoms. The molecule has 2 fully saturated rings. The van der Waals surface area contributed by atoms with Crippen LogP contribution in [0.1, 0.15) is 13.3 Å². The topological polar surface area (TPSA) is 72.8 Å². The van der Waals surface area contributed by atoms with Gasteiger partial charge in [0.15, 0.2) is 15.6 Å². The Morgan fingerprint density at radius 3 is 2.73 bits per heavy atom. The predicted octanol–water partition coefficient (Wildman–Crippen LogP) is -0.455. The van der Waals surface area contributed by atoms with E-state index in [9.17, 15) is 8.42 Å². The lowest BCUT2D eigenvalue weighted by atomic mass is 10.00. The second-order valence-electron chi connectivity index (χ2n) is 4.35. The van der Waals surface area contributed by atoms with E-state index in [1.165, 1.54) is 0 Å².